The molecule has 0 amide bonds. The molecule has 0 aliphatic carbocycles. The van der Waals surface area contributed by atoms with Crippen molar-refractivity contribution in [3.8, 4) is 5.75 Å². The second-order valence-electron chi connectivity index (χ2n) is 4.07. The number of hydrogen-bond acceptors (Lipinski definition) is 2. The monoisotopic (exact) mass is 267 g/mol. The number of aromatic hydroxyl groups is 1. The third-order valence-electron chi connectivity index (χ3n) is 2.63. The minimum atomic E-state index is -4.39. The molecule has 19 heavy (non-hydrogen) atoms. The SMILES string of the molecule is Oc1cccc(CNc2ccccc2C(F)(F)F)c1. The molecule has 0 saturated carbocycles. The second-order valence-corrected chi connectivity index (χ2v) is 4.07. The van der Waals surface area contributed by atoms with Crippen LogP contribution in [0.3, 0.4) is 0 Å². The Hall–Kier alpha value is -2.17. The molecular weight excluding hydrogens is 255 g/mol. The van der Waals surface area contributed by atoms with Gasteiger partial charge >= 0.3 is 6.18 Å². The summed E-state index contributed by atoms with van der Waals surface area (Å²) in [7, 11) is 0. The van der Waals surface area contributed by atoms with E-state index < -0.39 is 11.7 Å². The average Bonchev–Trinajstić information content (AvgIpc) is 2.36. The Morgan fingerprint density at radius 1 is 1.00 bits per heavy atom. The standard InChI is InChI=1S/C14H12F3NO/c15-14(16,17)12-6-1-2-7-13(12)18-9-10-4-3-5-11(19)8-10/h1-8,18-19H,9H2. The third kappa shape index (κ3) is 3.40. The Bertz CT molecular complexity index is 567. The van der Waals surface area contributed by atoms with Gasteiger partial charge in [-0.2, -0.15) is 13.2 Å². The molecule has 0 fully saturated rings. The van der Waals surface area contributed by atoms with E-state index in [1.807, 2.05) is 0 Å². The summed E-state index contributed by atoms with van der Waals surface area (Å²) in [5.41, 5.74) is 0.0328. The van der Waals surface area contributed by atoms with Crippen LogP contribution in [0.15, 0.2) is 48.5 Å². The van der Waals surface area contributed by atoms with Gasteiger partial charge in [-0.1, -0.05) is 24.3 Å². The molecule has 5 heteroatoms. The summed E-state index contributed by atoms with van der Waals surface area (Å²) in [5.74, 6) is 0.0865. The Kier molecular flexibility index (Phi) is 3.64. The number of benzene rings is 2. The van der Waals surface area contributed by atoms with Crippen molar-refractivity contribution < 1.29 is 18.3 Å². The molecule has 0 aromatic heterocycles. The predicted octanol–water partition coefficient (Wildman–Crippen LogP) is 4.02. The van der Waals surface area contributed by atoms with E-state index in [4.69, 9.17) is 0 Å². The molecule has 0 spiro atoms. The zero-order chi connectivity index (χ0) is 13.9. The number of halogens is 3. The number of phenols is 1. The van der Waals surface area contributed by atoms with Crippen LogP contribution in [0.5, 0.6) is 5.75 Å². The topological polar surface area (TPSA) is 32.3 Å². The lowest BCUT2D eigenvalue weighted by Crippen LogP contribution is -2.10. The fraction of sp³-hybridized carbons (Fsp3) is 0.143. The van der Waals surface area contributed by atoms with Crippen LogP contribution in [0.2, 0.25) is 0 Å². The van der Waals surface area contributed by atoms with Crippen LogP contribution >= 0.6 is 0 Å². The van der Waals surface area contributed by atoms with Crippen molar-refractivity contribution in [2.24, 2.45) is 0 Å². The molecule has 2 nitrogen and oxygen atoms in total. The van der Waals surface area contributed by atoms with Crippen LogP contribution in [0.4, 0.5) is 18.9 Å². The Morgan fingerprint density at radius 2 is 1.74 bits per heavy atom. The van der Waals surface area contributed by atoms with Crippen LogP contribution < -0.4 is 5.32 Å². The van der Waals surface area contributed by atoms with Gasteiger partial charge in [-0.05, 0) is 29.8 Å². The first-order chi connectivity index (χ1) is 8.97. The van der Waals surface area contributed by atoms with Crippen LogP contribution in [0, 0.1) is 0 Å². The minimum Gasteiger partial charge on any atom is -0.508 e. The van der Waals surface area contributed by atoms with Gasteiger partial charge < -0.3 is 10.4 Å². The second kappa shape index (κ2) is 5.22. The smallest absolute Gasteiger partial charge is 0.418 e. The van der Waals surface area contributed by atoms with E-state index in [9.17, 15) is 18.3 Å². The number of para-hydroxylation sites is 1. The number of nitrogens with one attached hydrogen (secondary N) is 1. The molecule has 0 atom stereocenters. The molecule has 0 saturated heterocycles. The summed E-state index contributed by atoms with van der Waals surface area (Å²) in [4.78, 5) is 0. The fourth-order valence-corrected chi connectivity index (χ4v) is 1.75. The van der Waals surface area contributed by atoms with E-state index in [0.29, 0.717) is 5.56 Å². The Morgan fingerprint density at radius 3 is 2.42 bits per heavy atom. The number of anilines is 1. The number of hydrogen-bond donors (Lipinski definition) is 2. The lowest BCUT2D eigenvalue weighted by molar-refractivity contribution is -0.136. The molecule has 100 valence electrons. The maximum atomic E-state index is 12.8. The highest BCUT2D eigenvalue weighted by Gasteiger charge is 2.32. The summed E-state index contributed by atoms with van der Waals surface area (Å²) in [6.07, 6.45) is -4.39. The van der Waals surface area contributed by atoms with E-state index in [2.05, 4.69) is 5.32 Å². The summed E-state index contributed by atoms with van der Waals surface area (Å²) in [5, 5.41) is 12.0. The maximum absolute atomic E-state index is 12.8. The molecule has 0 radical (unpaired) electrons. The van der Waals surface area contributed by atoms with Gasteiger partial charge in [0, 0.05) is 12.2 Å². The van der Waals surface area contributed by atoms with Crippen molar-refractivity contribution in [3.63, 3.8) is 0 Å². The molecule has 2 aromatic carbocycles. The number of alkyl halides is 3. The van der Waals surface area contributed by atoms with Crippen molar-refractivity contribution in [1.82, 2.24) is 0 Å². The maximum Gasteiger partial charge on any atom is 0.418 e. The minimum absolute atomic E-state index is 0.0262. The van der Waals surface area contributed by atoms with Crippen molar-refractivity contribution >= 4 is 5.69 Å². The molecular formula is C14H12F3NO. The van der Waals surface area contributed by atoms with Crippen molar-refractivity contribution in [1.29, 1.82) is 0 Å². The summed E-state index contributed by atoms with van der Waals surface area (Å²) in [6, 6.07) is 11.7. The zero-order valence-electron chi connectivity index (χ0n) is 9.91. The van der Waals surface area contributed by atoms with Crippen LogP contribution in [-0.4, -0.2) is 5.11 Å². The van der Waals surface area contributed by atoms with Gasteiger partial charge in [-0.3, -0.25) is 0 Å². The van der Waals surface area contributed by atoms with Gasteiger partial charge in [0.2, 0.25) is 0 Å². The number of rotatable bonds is 3. The fourth-order valence-electron chi connectivity index (χ4n) is 1.75. The Balaban J connectivity index is 2.16. The molecule has 2 rings (SSSR count). The molecule has 0 aliphatic heterocycles. The summed E-state index contributed by atoms with van der Waals surface area (Å²) < 4.78 is 38.3. The highest BCUT2D eigenvalue weighted by atomic mass is 19.4. The van der Waals surface area contributed by atoms with Crippen LogP contribution in [0.1, 0.15) is 11.1 Å². The van der Waals surface area contributed by atoms with Crippen LogP contribution in [0.25, 0.3) is 0 Å². The number of phenolic OH excluding ortho intramolecular Hbond substituents is 1. The average molecular weight is 267 g/mol. The zero-order valence-corrected chi connectivity index (χ0v) is 9.91. The van der Waals surface area contributed by atoms with E-state index in [1.165, 1.54) is 24.3 Å². The first-order valence-electron chi connectivity index (χ1n) is 5.65. The van der Waals surface area contributed by atoms with Gasteiger partial charge in [0.15, 0.2) is 0 Å². The highest BCUT2D eigenvalue weighted by molar-refractivity contribution is 5.53. The van der Waals surface area contributed by atoms with E-state index in [0.717, 1.165) is 6.07 Å². The molecule has 0 unspecified atom stereocenters. The van der Waals surface area contributed by atoms with Gasteiger partial charge in [0.1, 0.15) is 5.75 Å². The largest absolute Gasteiger partial charge is 0.508 e. The first-order valence-corrected chi connectivity index (χ1v) is 5.65. The van der Waals surface area contributed by atoms with Crippen LogP contribution in [-0.2, 0) is 12.7 Å². The Labute approximate surface area is 108 Å². The quantitative estimate of drug-likeness (QED) is 0.880. The van der Waals surface area contributed by atoms with Gasteiger partial charge in [-0.15, -0.1) is 0 Å². The molecule has 0 bridgehead atoms. The molecule has 0 aliphatic rings. The molecule has 2 aromatic rings. The van der Waals surface area contributed by atoms with Gasteiger partial charge in [0.05, 0.1) is 5.56 Å². The van der Waals surface area contributed by atoms with E-state index >= 15 is 0 Å². The van der Waals surface area contributed by atoms with Gasteiger partial charge in [0.25, 0.3) is 0 Å². The van der Waals surface area contributed by atoms with Crippen molar-refractivity contribution in [3.05, 3.63) is 59.7 Å². The molecule has 0 heterocycles. The first kappa shape index (κ1) is 13.3. The molecule has 2 N–H and O–H groups in total. The van der Waals surface area contributed by atoms with E-state index in [-0.39, 0.29) is 18.0 Å². The summed E-state index contributed by atoms with van der Waals surface area (Å²) >= 11 is 0. The summed E-state index contributed by atoms with van der Waals surface area (Å²) in [6.45, 7) is 0.210. The highest BCUT2D eigenvalue weighted by Crippen LogP contribution is 2.34. The predicted molar refractivity (Wildman–Crippen MR) is 66.9 cm³/mol. The van der Waals surface area contributed by atoms with E-state index in [1.54, 1.807) is 18.2 Å². The van der Waals surface area contributed by atoms with Crippen molar-refractivity contribution in [2.75, 3.05) is 5.32 Å². The lowest BCUT2D eigenvalue weighted by Gasteiger charge is -2.14. The van der Waals surface area contributed by atoms with Crippen molar-refractivity contribution in [2.45, 2.75) is 12.7 Å². The normalized spacial score (nSPS) is 11.3. The van der Waals surface area contributed by atoms with Gasteiger partial charge in [-0.25, -0.2) is 0 Å². The third-order valence-corrected chi connectivity index (χ3v) is 2.63. The lowest BCUT2D eigenvalue weighted by atomic mass is 10.1.